The molecule has 0 radical (unpaired) electrons. The number of halogens is 3. The molecule has 0 bridgehead atoms. The van der Waals surface area contributed by atoms with Gasteiger partial charge in [-0.2, -0.15) is 13.2 Å². The van der Waals surface area contributed by atoms with Gasteiger partial charge in [0.15, 0.2) is 9.84 Å². The molecular weight excluding hydrogens is 243 g/mol. The number of hydrogen-bond acceptors (Lipinski definition) is 3. The van der Waals surface area contributed by atoms with Crippen LogP contribution in [0.1, 0.15) is 26.2 Å². The van der Waals surface area contributed by atoms with Gasteiger partial charge in [0.2, 0.25) is 0 Å². The first kappa shape index (κ1) is 15.7. The molecule has 0 aromatic carbocycles. The zero-order valence-electron chi connectivity index (χ0n) is 9.26. The van der Waals surface area contributed by atoms with Crippen LogP contribution >= 0.6 is 0 Å². The lowest BCUT2D eigenvalue weighted by atomic mass is 10.1. The molecular formula is C9H18F3NO2S. The maximum atomic E-state index is 11.8. The molecule has 0 amide bonds. The van der Waals surface area contributed by atoms with Crippen LogP contribution in [0, 0.1) is 5.92 Å². The van der Waals surface area contributed by atoms with E-state index < -0.39 is 28.2 Å². The highest BCUT2D eigenvalue weighted by molar-refractivity contribution is 7.91. The van der Waals surface area contributed by atoms with Crippen molar-refractivity contribution in [2.45, 2.75) is 32.4 Å². The van der Waals surface area contributed by atoms with Gasteiger partial charge in [-0.3, -0.25) is 0 Å². The lowest BCUT2D eigenvalue weighted by Crippen LogP contribution is -2.20. The van der Waals surface area contributed by atoms with Crippen molar-refractivity contribution in [3.63, 3.8) is 0 Å². The highest BCUT2D eigenvalue weighted by Crippen LogP contribution is 2.20. The Morgan fingerprint density at radius 3 is 2.19 bits per heavy atom. The highest BCUT2D eigenvalue weighted by atomic mass is 32.2. The Balaban J connectivity index is 3.97. The minimum absolute atomic E-state index is 0.130. The summed E-state index contributed by atoms with van der Waals surface area (Å²) in [5.41, 5.74) is 5.29. The Morgan fingerprint density at radius 1 is 1.19 bits per heavy atom. The molecule has 2 N–H and O–H groups in total. The summed E-state index contributed by atoms with van der Waals surface area (Å²) in [4.78, 5) is 0. The lowest BCUT2D eigenvalue weighted by molar-refractivity contribution is -0.129. The molecule has 0 saturated heterocycles. The van der Waals surface area contributed by atoms with E-state index in [1.807, 2.05) is 6.92 Å². The third kappa shape index (κ3) is 8.96. The maximum Gasteiger partial charge on any atom is 0.390 e. The average Bonchev–Trinajstić information content (AvgIpc) is 2.12. The van der Waals surface area contributed by atoms with Crippen molar-refractivity contribution in [2.24, 2.45) is 11.7 Å². The molecule has 1 unspecified atom stereocenters. The van der Waals surface area contributed by atoms with Crippen molar-refractivity contribution in [2.75, 3.05) is 18.1 Å². The molecule has 0 saturated carbocycles. The summed E-state index contributed by atoms with van der Waals surface area (Å²) in [7, 11) is -3.59. The predicted octanol–water partition coefficient (Wildman–Crippen LogP) is 1.73. The zero-order chi connectivity index (χ0) is 12.8. The van der Waals surface area contributed by atoms with Crippen molar-refractivity contribution in [3.05, 3.63) is 0 Å². The molecule has 0 spiro atoms. The normalized spacial score (nSPS) is 15.1. The topological polar surface area (TPSA) is 60.2 Å². The maximum absolute atomic E-state index is 11.8. The van der Waals surface area contributed by atoms with Crippen molar-refractivity contribution in [3.8, 4) is 0 Å². The van der Waals surface area contributed by atoms with Crippen LogP contribution in [0.25, 0.3) is 0 Å². The Labute approximate surface area is 94.1 Å². The molecule has 0 aliphatic rings. The van der Waals surface area contributed by atoms with E-state index in [0.717, 1.165) is 0 Å². The summed E-state index contributed by atoms with van der Waals surface area (Å²) in [5, 5.41) is 0. The largest absolute Gasteiger partial charge is 0.390 e. The molecule has 0 aliphatic carbocycles. The van der Waals surface area contributed by atoms with Gasteiger partial charge in [0, 0.05) is 0 Å². The Morgan fingerprint density at radius 2 is 1.75 bits per heavy atom. The van der Waals surface area contributed by atoms with Gasteiger partial charge in [-0.1, -0.05) is 6.92 Å². The van der Waals surface area contributed by atoms with Gasteiger partial charge < -0.3 is 5.73 Å². The van der Waals surface area contributed by atoms with Gasteiger partial charge in [-0.15, -0.1) is 0 Å². The second-order valence-electron chi connectivity index (χ2n) is 3.99. The zero-order valence-corrected chi connectivity index (χ0v) is 10.1. The molecule has 0 heterocycles. The van der Waals surface area contributed by atoms with Gasteiger partial charge in [0.25, 0.3) is 0 Å². The molecule has 0 rings (SSSR count). The summed E-state index contributed by atoms with van der Waals surface area (Å²) < 4.78 is 58.0. The molecule has 0 aromatic heterocycles. The van der Waals surface area contributed by atoms with Crippen LogP contribution in [0.5, 0.6) is 0 Å². The monoisotopic (exact) mass is 261 g/mol. The molecule has 16 heavy (non-hydrogen) atoms. The first-order valence-corrected chi connectivity index (χ1v) is 6.95. The predicted molar refractivity (Wildman–Crippen MR) is 56.8 cm³/mol. The Bertz CT molecular complexity index is 288. The van der Waals surface area contributed by atoms with Crippen LogP contribution < -0.4 is 5.73 Å². The first-order valence-electron chi connectivity index (χ1n) is 5.13. The molecule has 0 fully saturated rings. The van der Waals surface area contributed by atoms with E-state index in [1.165, 1.54) is 0 Å². The fourth-order valence-corrected chi connectivity index (χ4v) is 2.69. The third-order valence-corrected chi connectivity index (χ3v) is 3.96. The average molecular weight is 261 g/mol. The summed E-state index contributed by atoms with van der Waals surface area (Å²) in [6.45, 7) is 2.30. The SMILES string of the molecule is CC(CCN)CCS(=O)(=O)CCC(F)(F)F. The van der Waals surface area contributed by atoms with Gasteiger partial charge in [-0.25, -0.2) is 8.42 Å². The van der Waals surface area contributed by atoms with E-state index in [9.17, 15) is 21.6 Å². The summed E-state index contributed by atoms with van der Waals surface area (Å²) in [6.07, 6.45) is -4.61. The Kier molecular flexibility index (Phi) is 6.32. The van der Waals surface area contributed by atoms with Crippen molar-refractivity contribution < 1.29 is 21.6 Å². The highest BCUT2D eigenvalue weighted by Gasteiger charge is 2.29. The summed E-state index contributed by atoms with van der Waals surface area (Å²) in [5.74, 6) is -0.874. The first-order chi connectivity index (χ1) is 7.16. The number of sulfone groups is 1. The van der Waals surface area contributed by atoms with Crippen LogP contribution in [-0.4, -0.2) is 32.6 Å². The molecule has 3 nitrogen and oxygen atoms in total. The van der Waals surface area contributed by atoms with Crippen LogP contribution in [0.2, 0.25) is 0 Å². The second kappa shape index (κ2) is 6.44. The van der Waals surface area contributed by atoms with E-state index in [2.05, 4.69) is 0 Å². The lowest BCUT2D eigenvalue weighted by Gasteiger charge is -2.11. The van der Waals surface area contributed by atoms with Crippen molar-refractivity contribution >= 4 is 9.84 Å². The Hall–Kier alpha value is -0.300. The summed E-state index contributed by atoms with van der Waals surface area (Å²) >= 11 is 0. The second-order valence-corrected chi connectivity index (χ2v) is 6.29. The van der Waals surface area contributed by atoms with Crippen LogP contribution in [0.15, 0.2) is 0 Å². The van der Waals surface area contributed by atoms with Crippen molar-refractivity contribution in [1.29, 1.82) is 0 Å². The minimum atomic E-state index is -4.41. The van der Waals surface area contributed by atoms with E-state index in [4.69, 9.17) is 5.73 Å². The van der Waals surface area contributed by atoms with E-state index >= 15 is 0 Å². The van der Waals surface area contributed by atoms with E-state index in [0.29, 0.717) is 19.4 Å². The van der Waals surface area contributed by atoms with Crippen molar-refractivity contribution in [1.82, 2.24) is 0 Å². The number of hydrogen-bond donors (Lipinski definition) is 1. The molecule has 1 atom stereocenters. The molecule has 7 heteroatoms. The fourth-order valence-electron chi connectivity index (χ4n) is 1.18. The number of alkyl halides is 3. The standard InChI is InChI=1S/C9H18F3NO2S/c1-8(2-5-13)3-6-16(14,15)7-4-9(10,11)12/h8H,2-7,13H2,1H3. The molecule has 0 aliphatic heterocycles. The fraction of sp³-hybridized carbons (Fsp3) is 1.00. The van der Waals surface area contributed by atoms with Crippen LogP contribution in [-0.2, 0) is 9.84 Å². The van der Waals surface area contributed by atoms with Gasteiger partial charge >= 0.3 is 6.18 Å². The van der Waals surface area contributed by atoms with Gasteiger partial charge in [0.1, 0.15) is 0 Å². The minimum Gasteiger partial charge on any atom is -0.330 e. The molecule has 0 aromatic rings. The van der Waals surface area contributed by atoms with Gasteiger partial charge in [-0.05, 0) is 25.3 Å². The third-order valence-electron chi connectivity index (χ3n) is 2.28. The number of nitrogens with two attached hydrogens (primary N) is 1. The van der Waals surface area contributed by atoms with Gasteiger partial charge in [0.05, 0.1) is 17.9 Å². The summed E-state index contributed by atoms with van der Waals surface area (Å²) in [6, 6.07) is 0. The van der Waals surface area contributed by atoms with E-state index in [1.54, 1.807) is 0 Å². The van der Waals surface area contributed by atoms with Crippen LogP contribution in [0.4, 0.5) is 13.2 Å². The number of rotatable bonds is 7. The van der Waals surface area contributed by atoms with Crippen LogP contribution in [0.3, 0.4) is 0 Å². The smallest absolute Gasteiger partial charge is 0.330 e. The molecule has 98 valence electrons. The quantitative estimate of drug-likeness (QED) is 0.759. The van der Waals surface area contributed by atoms with E-state index in [-0.39, 0.29) is 11.7 Å².